The minimum absolute atomic E-state index is 0.0816. The first-order chi connectivity index (χ1) is 15.3. The summed E-state index contributed by atoms with van der Waals surface area (Å²) in [5.41, 5.74) is 2.01. The average Bonchev–Trinajstić information content (AvgIpc) is 2.78. The maximum Gasteiger partial charge on any atom is 0.251 e. The Morgan fingerprint density at radius 1 is 1.09 bits per heavy atom. The van der Waals surface area contributed by atoms with Crippen molar-refractivity contribution in [3.05, 3.63) is 59.2 Å². The maximum atomic E-state index is 12.9. The molecule has 0 spiro atoms. The number of amides is 1. The standard InChI is InChI=1S/C23H30N2O6S/c1-29-21-8-7-18(14-22(21)30-2)20(25-9-11-31-12-10-25)15-24-23(26)19-6-4-5-17(13-19)16-32(3,27)28/h4-8,13-14,20H,9-12,15-16H2,1-3H3,(H,24,26)/t20-/m0/s1. The van der Waals surface area contributed by atoms with Crippen molar-refractivity contribution in [1.82, 2.24) is 10.2 Å². The number of ether oxygens (including phenoxy) is 3. The van der Waals surface area contributed by atoms with Crippen LogP contribution in [0.3, 0.4) is 0 Å². The van der Waals surface area contributed by atoms with Crippen LogP contribution in [0.15, 0.2) is 42.5 Å². The van der Waals surface area contributed by atoms with Gasteiger partial charge in [0.1, 0.15) is 0 Å². The van der Waals surface area contributed by atoms with E-state index in [-0.39, 0.29) is 17.7 Å². The Kier molecular flexibility index (Phi) is 8.11. The number of hydrogen-bond donors (Lipinski definition) is 1. The zero-order chi connectivity index (χ0) is 23.1. The highest BCUT2D eigenvalue weighted by Crippen LogP contribution is 2.32. The van der Waals surface area contributed by atoms with Crippen molar-refractivity contribution < 1.29 is 27.4 Å². The Balaban J connectivity index is 1.79. The lowest BCUT2D eigenvalue weighted by atomic mass is 10.0. The summed E-state index contributed by atoms with van der Waals surface area (Å²) in [6.07, 6.45) is 1.18. The van der Waals surface area contributed by atoms with Gasteiger partial charge in [0.2, 0.25) is 0 Å². The molecule has 2 aromatic carbocycles. The van der Waals surface area contributed by atoms with E-state index in [1.807, 2.05) is 18.2 Å². The molecule has 0 radical (unpaired) electrons. The Morgan fingerprint density at radius 2 is 1.81 bits per heavy atom. The van der Waals surface area contributed by atoms with Gasteiger partial charge >= 0.3 is 0 Å². The van der Waals surface area contributed by atoms with Crippen molar-refractivity contribution in [2.75, 3.05) is 53.3 Å². The maximum absolute atomic E-state index is 12.9. The van der Waals surface area contributed by atoms with Gasteiger partial charge in [-0.2, -0.15) is 0 Å². The monoisotopic (exact) mass is 462 g/mol. The van der Waals surface area contributed by atoms with Crippen LogP contribution < -0.4 is 14.8 Å². The van der Waals surface area contributed by atoms with Crippen molar-refractivity contribution in [2.45, 2.75) is 11.8 Å². The van der Waals surface area contributed by atoms with E-state index in [1.54, 1.807) is 38.5 Å². The number of methoxy groups -OCH3 is 2. The lowest BCUT2D eigenvalue weighted by Gasteiger charge is -2.35. The first kappa shape index (κ1) is 24.0. The quantitative estimate of drug-likeness (QED) is 0.610. The molecule has 8 nitrogen and oxygen atoms in total. The predicted molar refractivity (Wildman–Crippen MR) is 122 cm³/mol. The van der Waals surface area contributed by atoms with Gasteiger partial charge in [-0.3, -0.25) is 9.69 Å². The normalized spacial score (nSPS) is 15.7. The Bertz CT molecular complexity index is 1030. The first-order valence-electron chi connectivity index (χ1n) is 10.4. The molecule has 2 aromatic rings. The molecular formula is C23H30N2O6S. The topological polar surface area (TPSA) is 94.2 Å². The molecule has 1 aliphatic rings. The number of benzene rings is 2. The molecule has 32 heavy (non-hydrogen) atoms. The van der Waals surface area contributed by atoms with E-state index in [1.165, 1.54) is 6.26 Å². The van der Waals surface area contributed by atoms with Gasteiger partial charge in [-0.25, -0.2) is 8.42 Å². The highest BCUT2D eigenvalue weighted by atomic mass is 32.2. The van der Waals surface area contributed by atoms with Crippen LogP contribution in [0.2, 0.25) is 0 Å². The van der Waals surface area contributed by atoms with Crippen molar-refractivity contribution in [1.29, 1.82) is 0 Å². The van der Waals surface area contributed by atoms with Gasteiger partial charge in [0.25, 0.3) is 5.91 Å². The minimum Gasteiger partial charge on any atom is -0.493 e. The SMILES string of the molecule is COc1ccc([C@H](CNC(=O)c2cccc(CS(C)(=O)=O)c2)N2CCOCC2)cc1OC. The van der Waals surface area contributed by atoms with E-state index in [2.05, 4.69) is 10.2 Å². The van der Waals surface area contributed by atoms with Crippen LogP contribution >= 0.6 is 0 Å². The summed E-state index contributed by atoms with van der Waals surface area (Å²) in [6, 6.07) is 12.4. The molecule has 0 unspecified atom stereocenters. The molecule has 0 saturated carbocycles. The molecule has 1 saturated heterocycles. The van der Waals surface area contributed by atoms with E-state index in [4.69, 9.17) is 14.2 Å². The van der Waals surface area contributed by atoms with Crippen LogP contribution in [0.5, 0.6) is 11.5 Å². The van der Waals surface area contributed by atoms with Crippen molar-refractivity contribution in [2.24, 2.45) is 0 Å². The number of carbonyl (C=O) groups excluding carboxylic acids is 1. The van der Waals surface area contributed by atoms with E-state index >= 15 is 0 Å². The van der Waals surface area contributed by atoms with Gasteiger partial charge in [0.05, 0.1) is 39.2 Å². The second-order valence-electron chi connectivity index (χ2n) is 7.76. The second-order valence-corrected chi connectivity index (χ2v) is 9.90. The van der Waals surface area contributed by atoms with Gasteiger partial charge in [-0.15, -0.1) is 0 Å². The molecule has 0 aromatic heterocycles. The van der Waals surface area contributed by atoms with Crippen LogP contribution in [-0.2, 0) is 20.3 Å². The fourth-order valence-electron chi connectivity index (χ4n) is 3.80. The zero-order valence-electron chi connectivity index (χ0n) is 18.7. The molecule has 1 fully saturated rings. The van der Waals surface area contributed by atoms with E-state index in [9.17, 15) is 13.2 Å². The third-order valence-corrected chi connectivity index (χ3v) is 6.21. The third kappa shape index (κ3) is 6.44. The average molecular weight is 463 g/mol. The second kappa shape index (κ2) is 10.8. The molecule has 1 amide bonds. The van der Waals surface area contributed by atoms with Crippen LogP contribution in [-0.4, -0.2) is 72.5 Å². The number of sulfone groups is 1. The number of carbonyl (C=O) groups is 1. The lowest BCUT2D eigenvalue weighted by molar-refractivity contribution is 0.0162. The Morgan fingerprint density at radius 3 is 2.47 bits per heavy atom. The number of rotatable bonds is 9. The molecule has 174 valence electrons. The fraction of sp³-hybridized carbons (Fsp3) is 0.435. The molecule has 0 bridgehead atoms. The van der Waals surface area contributed by atoms with E-state index in [0.717, 1.165) is 18.7 Å². The highest BCUT2D eigenvalue weighted by molar-refractivity contribution is 7.89. The molecule has 3 rings (SSSR count). The lowest BCUT2D eigenvalue weighted by Crippen LogP contribution is -2.43. The summed E-state index contributed by atoms with van der Waals surface area (Å²) in [6.45, 7) is 3.14. The van der Waals surface area contributed by atoms with Crippen LogP contribution in [0.4, 0.5) is 0 Å². The fourth-order valence-corrected chi connectivity index (χ4v) is 4.59. The van der Waals surface area contributed by atoms with Crippen molar-refractivity contribution >= 4 is 15.7 Å². The first-order valence-corrected chi connectivity index (χ1v) is 12.5. The summed E-state index contributed by atoms with van der Waals surface area (Å²) < 4.78 is 39.5. The number of morpholine rings is 1. The van der Waals surface area contributed by atoms with Crippen LogP contribution in [0.25, 0.3) is 0 Å². The smallest absolute Gasteiger partial charge is 0.251 e. The molecule has 0 aliphatic carbocycles. The van der Waals surface area contributed by atoms with Crippen molar-refractivity contribution in [3.63, 3.8) is 0 Å². The number of nitrogens with one attached hydrogen (secondary N) is 1. The largest absolute Gasteiger partial charge is 0.493 e. The molecule has 9 heteroatoms. The summed E-state index contributed by atoms with van der Waals surface area (Å²) >= 11 is 0. The highest BCUT2D eigenvalue weighted by Gasteiger charge is 2.24. The van der Waals surface area contributed by atoms with Gasteiger partial charge in [0.15, 0.2) is 21.3 Å². The van der Waals surface area contributed by atoms with Gasteiger partial charge in [-0.05, 0) is 35.4 Å². The molecule has 1 heterocycles. The van der Waals surface area contributed by atoms with Gasteiger partial charge in [0, 0.05) is 31.5 Å². The molecule has 1 atom stereocenters. The molecule has 1 N–H and O–H groups in total. The molecule has 1 aliphatic heterocycles. The summed E-state index contributed by atoms with van der Waals surface area (Å²) in [5, 5.41) is 3.01. The predicted octanol–water partition coefficient (Wildman–Crippen LogP) is 2.05. The zero-order valence-corrected chi connectivity index (χ0v) is 19.5. The summed E-state index contributed by atoms with van der Waals surface area (Å²) in [4.78, 5) is 15.1. The number of hydrogen-bond acceptors (Lipinski definition) is 7. The van der Waals surface area contributed by atoms with E-state index in [0.29, 0.717) is 42.4 Å². The number of nitrogens with zero attached hydrogens (tertiary/aromatic N) is 1. The van der Waals surface area contributed by atoms with Crippen LogP contribution in [0, 0.1) is 0 Å². The molecular weight excluding hydrogens is 432 g/mol. The minimum atomic E-state index is -3.18. The Hall–Kier alpha value is -2.62. The summed E-state index contributed by atoms with van der Waals surface area (Å²) in [7, 11) is 0.00561. The van der Waals surface area contributed by atoms with E-state index < -0.39 is 9.84 Å². The third-order valence-electron chi connectivity index (χ3n) is 5.35. The Labute approximate surface area is 189 Å². The summed E-state index contributed by atoms with van der Waals surface area (Å²) in [5.74, 6) is 0.918. The van der Waals surface area contributed by atoms with Crippen LogP contribution in [0.1, 0.15) is 27.5 Å². The van der Waals surface area contributed by atoms with Gasteiger partial charge in [-0.1, -0.05) is 18.2 Å². The van der Waals surface area contributed by atoms with Gasteiger partial charge < -0.3 is 19.5 Å². The van der Waals surface area contributed by atoms with Crippen molar-refractivity contribution in [3.8, 4) is 11.5 Å².